The van der Waals surface area contributed by atoms with Crippen LogP contribution in [0.1, 0.15) is 38.8 Å². The Balaban J connectivity index is 3.03. The SMILES string of the molecule is C=NO/C=C(\C)c1cccc(C(C)(C)C)c1. The zero-order valence-electron chi connectivity index (χ0n) is 10.4. The second kappa shape index (κ2) is 4.97. The molecule has 1 aromatic rings. The van der Waals surface area contributed by atoms with Crippen molar-refractivity contribution in [2.24, 2.45) is 5.16 Å². The van der Waals surface area contributed by atoms with Crippen molar-refractivity contribution in [1.29, 1.82) is 0 Å². The lowest BCUT2D eigenvalue weighted by molar-refractivity contribution is 0.273. The average molecular weight is 217 g/mol. The zero-order chi connectivity index (χ0) is 12.2. The lowest BCUT2D eigenvalue weighted by Crippen LogP contribution is -2.10. The molecule has 0 heterocycles. The van der Waals surface area contributed by atoms with Crippen molar-refractivity contribution in [1.82, 2.24) is 0 Å². The standard InChI is InChI=1S/C14H19NO/c1-11(10-16-15-5)12-7-6-8-13(9-12)14(2,3)4/h6-10H,5H2,1-4H3/b11-10+. The quantitative estimate of drug-likeness (QED) is 0.426. The number of hydrogen-bond acceptors (Lipinski definition) is 2. The van der Waals surface area contributed by atoms with E-state index >= 15 is 0 Å². The summed E-state index contributed by atoms with van der Waals surface area (Å²) < 4.78 is 0. The molecule has 1 rings (SSSR count). The molecule has 0 bridgehead atoms. The van der Waals surface area contributed by atoms with E-state index in [0.717, 1.165) is 11.1 Å². The van der Waals surface area contributed by atoms with E-state index in [2.05, 4.69) is 56.9 Å². The maximum absolute atomic E-state index is 4.83. The summed E-state index contributed by atoms with van der Waals surface area (Å²) in [4.78, 5) is 4.83. The molecule has 0 amide bonds. The highest BCUT2D eigenvalue weighted by molar-refractivity contribution is 5.63. The van der Waals surface area contributed by atoms with Crippen molar-refractivity contribution in [3.05, 3.63) is 41.7 Å². The summed E-state index contributed by atoms with van der Waals surface area (Å²) in [5, 5.41) is 3.35. The van der Waals surface area contributed by atoms with Gasteiger partial charge in [-0.2, -0.15) is 0 Å². The fraction of sp³-hybridized carbons (Fsp3) is 0.357. The van der Waals surface area contributed by atoms with E-state index in [1.54, 1.807) is 6.26 Å². The van der Waals surface area contributed by atoms with Crippen LogP contribution >= 0.6 is 0 Å². The molecule has 0 aliphatic heterocycles. The Hall–Kier alpha value is -1.57. The van der Waals surface area contributed by atoms with Crippen molar-refractivity contribution in [2.45, 2.75) is 33.1 Å². The summed E-state index contributed by atoms with van der Waals surface area (Å²) in [5.74, 6) is 0. The van der Waals surface area contributed by atoms with Crippen LogP contribution in [-0.4, -0.2) is 6.72 Å². The number of oxime groups is 1. The van der Waals surface area contributed by atoms with E-state index in [1.807, 2.05) is 6.92 Å². The van der Waals surface area contributed by atoms with Gasteiger partial charge in [-0.15, -0.1) is 0 Å². The van der Waals surface area contributed by atoms with Crippen molar-refractivity contribution < 1.29 is 4.84 Å². The van der Waals surface area contributed by atoms with E-state index in [1.165, 1.54) is 5.56 Å². The van der Waals surface area contributed by atoms with Crippen LogP contribution in [0.25, 0.3) is 5.57 Å². The van der Waals surface area contributed by atoms with Crippen molar-refractivity contribution in [3.8, 4) is 0 Å². The minimum atomic E-state index is 0.161. The first-order valence-corrected chi connectivity index (χ1v) is 5.34. The van der Waals surface area contributed by atoms with Gasteiger partial charge < -0.3 is 4.84 Å². The van der Waals surface area contributed by atoms with Gasteiger partial charge in [0.05, 0.1) is 0 Å². The third-order valence-corrected chi connectivity index (χ3v) is 2.49. The van der Waals surface area contributed by atoms with Gasteiger partial charge in [-0.25, -0.2) is 0 Å². The minimum absolute atomic E-state index is 0.161. The Morgan fingerprint density at radius 2 is 2.06 bits per heavy atom. The normalized spacial score (nSPS) is 12.4. The summed E-state index contributed by atoms with van der Waals surface area (Å²) in [5.41, 5.74) is 3.66. The van der Waals surface area contributed by atoms with Crippen molar-refractivity contribution in [3.63, 3.8) is 0 Å². The van der Waals surface area contributed by atoms with Crippen LogP contribution in [0.5, 0.6) is 0 Å². The molecule has 0 aliphatic rings. The maximum Gasteiger partial charge on any atom is 0.125 e. The van der Waals surface area contributed by atoms with Crippen LogP contribution in [0.4, 0.5) is 0 Å². The maximum atomic E-state index is 4.83. The third kappa shape index (κ3) is 3.23. The van der Waals surface area contributed by atoms with Crippen LogP contribution in [-0.2, 0) is 10.3 Å². The second-order valence-corrected chi connectivity index (χ2v) is 4.87. The molecule has 0 saturated heterocycles. The molecule has 1 aromatic carbocycles. The molecule has 0 atom stereocenters. The number of nitrogens with zero attached hydrogens (tertiary/aromatic N) is 1. The van der Waals surface area contributed by atoms with Crippen LogP contribution in [0.2, 0.25) is 0 Å². The van der Waals surface area contributed by atoms with Gasteiger partial charge in [-0.05, 0) is 29.0 Å². The molecule has 16 heavy (non-hydrogen) atoms. The van der Waals surface area contributed by atoms with Crippen LogP contribution in [0, 0.1) is 0 Å². The lowest BCUT2D eigenvalue weighted by Gasteiger charge is -2.19. The summed E-state index contributed by atoms with van der Waals surface area (Å²) in [6, 6.07) is 8.45. The first kappa shape index (κ1) is 12.5. The van der Waals surface area contributed by atoms with Gasteiger partial charge in [0, 0.05) is 6.72 Å². The third-order valence-electron chi connectivity index (χ3n) is 2.49. The molecule has 0 saturated carbocycles. The zero-order valence-corrected chi connectivity index (χ0v) is 10.4. The lowest BCUT2D eigenvalue weighted by atomic mass is 9.85. The van der Waals surface area contributed by atoms with E-state index in [0.29, 0.717) is 0 Å². The Kier molecular flexibility index (Phi) is 3.88. The first-order chi connectivity index (χ1) is 7.45. The molecule has 86 valence electrons. The van der Waals surface area contributed by atoms with Crippen LogP contribution < -0.4 is 0 Å². The first-order valence-electron chi connectivity index (χ1n) is 5.34. The fourth-order valence-electron chi connectivity index (χ4n) is 1.42. The molecular weight excluding hydrogens is 198 g/mol. The molecule has 0 fully saturated rings. The minimum Gasteiger partial charge on any atom is -0.365 e. The number of allylic oxidation sites excluding steroid dienone is 1. The largest absolute Gasteiger partial charge is 0.365 e. The number of hydrogen-bond donors (Lipinski definition) is 0. The summed E-state index contributed by atoms with van der Waals surface area (Å²) in [7, 11) is 0. The highest BCUT2D eigenvalue weighted by Crippen LogP contribution is 2.25. The van der Waals surface area contributed by atoms with Crippen molar-refractivity contribution in [2.75, 3.05) is 0 Å². The van der Waals surface area contributed by atoms with Gasteiger partial charge in [-0.3, -0.25) is 0 Å². The van der Waals surface area contributed by atoms with Crippen LogP contribution in [0.15, 0.2) is 35.7 Å². The second-order valence-electron chi connectivity index (χ2n) is 4.87. The fourth-order valence-corrected chi connectivity index (χ4v) is 1.42. The predicted molar refractivity (Wildman–Crippen MR) is 69.4 cm³/mol. The monoisotopic (exact) mass is 217 g/mol. The van der Waals surface area contributed by atoms with E-state index in [4.69, 9.17) is 4.84 Å². The Morgan fingerprint density at radius 3 is 2.62 bits per heavy atom. The van der Waals surface area contributed by atoms with E-state index < -0.39 is 0 Å². The average Bonchev–Trinajstić information content (AvgIpc) is 2.25. The smallest absolute Gasteiger partial charge is 0.125 e. The topological polar surface area (TPSA) is 21.6 Å². The Morgan fingerprint density at radius 1 is 1.38 bits per heavy atom. The van der Waals surface area contributed by atoms with Gasteiger partial charge in [0.1, 0.15) is 6.26 Å². The highest BCUT2D eigenvalue weighted by atomic mass is 16.6. The molecular formula is C14H19NO. The summed E-state index contributed by atoms with van der Waals surface area (Å²) in [6.07, 6.45) is 1.61. The van der Waals surface area contributed by atoms with Gasteiger partial charge >= 0.3 is 0 Å². The molecule has 0 spiro atoms. The number of benzene rings is 1. The van der Waals surface area contributed by atoms with E-state index in [-0.39, 0.29) is 5.41 Å². The molecule has 0 radical (unpaired) electrons. The Labute approximate surface area is 97.6 Å². The number of rotatable bonds is 3. The molecule has 0 aliphatic carbocycles. The van der Waals surface area contributed by atoms with Gasteiger partial charge in [-0.1, -0.05) is 50.2 Å². The molecule has 0 unspecified atom stereocenters. The summed E-state index contributed by atoms with van der Waals surface area (Å²) >= 11 is 0. The highest BCUT2D eigenvalue weighted by Gasteiger charge is 2.13. The molecule has 0 N–H and O–H groups in total. The summed E-state index contributed by atoms with van der Waals surface area (Å²) in [6.45, 7) is 11.9. The van der Waals surface area contributed by atoms with Gasteiger partial charge in [0.25, 0.3) is 0 Å². The van der Waals surface area contributed by atoms with Crippen molar-refractivity contribution >= 4 is 12.3 Å². The molecule has 0 aromatic heterocycles. The van der Waals surface area contributed by atoms with Crippen LogP contribution in [0.3, 0.4) is 0 Å². The van der Waals surface area contributed by atoms with E-state index in [9.17, 15) is 0 Å². The van der Waals surface area contributed by atoms with Gasteiger partial charge in [0.2, 0.25) is 0 Å². The molecule has 2 heteroatoms. The Bertz CT molecular complexity index is 399. The molecule has 2 nitrogen and oxygen atoms in total. The van der Waals surface area contributed by atoms with Gasteiger partial charge in [0.15, 0.2) is 0 Å². The predicted octanol–water partition coefficient (Wildman–Crippen LogP) is 3.98.